The van der Waals surface area contributed by atoms with Crippen molar-refractivity contribution in [1.29, 1.82) is 0 Å². The number of amides is 2. The number of nitrogens with zero attached hydrogens (tertiary/aromatic N) is 1. The summed E-state index contributed by atoms with van der Waals surface area (Å²) in [5, 5.41) is 2.67. The van der Waals surface area contributed by atoms with Crippen LogP contribution in [0.25, 0.3) is 0 Å². The zero-order chi connectivity index (χ0) is 20.0. The first-order valence-electron chi connectivity index (χ1n) is 9.14. The molecule has 0 bridgehead atoms. The van der Waals surface area contributed by atoms with Crippen molar-refractivity contribution in [2.45, 2.75) is 51.4 Å². The molecule has 0 radical (unpaired) electrons. The predicted octanol–water partition coefficient (Wildman–Crippen LogP) is 2.69. The summed E-state index contributed by atoms with van der Waals surface area (Å²) >= 11 is 0. The van der Waals surface area contributed by atoms with Gasteiger partial charge in [0.2, 0.25) is 11.8 Å². The van der Waals surface area contributed by atoms with E-state index in [9.17, 15) is 22.8 Å². The van der Waals surface area contributed by atoms with E-state index in [0.29, 0.717) is 37.4 Å². The van der Waals surface area contributed by atoms with Crippen LogP contribution < -0.4 is 11.1 Å². The number of rotatable bonds is 6. The van der Waals surface area contributed by atoms with Gasteiger partial charge in [-0.15, -0.1) is 0 Å². The van der Waals surface area contributed by atoms with Crippen molar-refractivity contribution >= 4 is 11.8 Å². The van der Waals surface area contributed by atoms with E-state index in [0.717, 1.165) is 25.0 Å². The van der Waals surface area contributed by atoms with Crippen LogP contribution in [-0.4, -0.2) is 35.8 Å². The van der Waals surface area contributed by atoms with Gasteiger partial charge >= 0.3 is 6.18 Å². The van der Waals surface area contributed by atoms with Crippen LogP contribution >= 0.6 is 0 Å². The molecule has 1 aromatic rings. The number of alkyl halides is 3. The van der Waals surface area contributed by atoms with E-state index in [1.165, 1.54) is 6.07 Å². The number of carbonyl (C=O) groups is 2. The third kappa shape index (κ3) is 6.53. The maximum atomic E-state index is 12.7. The molecule has 0 spiro atoms. The molecule has 1 atom stereocenters. The number of hydrogen-bond donors (Lipinski definition) is 2. The quantitative estimate of drug-likeness (QED) is 0.791. The van der Waals surface area contributed by atoms with E-state index in [-0.39, 0.29) is 18.4 Å². The Hall–Kier alpha value is -2.09. The number of likely N-dealkylation sites (tertiary alicyclic amines) is 1. The maximum absolute atomic E-state index is 12.7. The van der Waals surface area contributed by atoms with Gasteiger partial charge in [0, 0.05) is 26.1 Å². The Balaban J connectivity index is 1.71. The van der Waals surface area contributed by atoms with E-state index in [4.69, 9.17) is 5.73 Å². The van der Waals surface area contributed by atoms with Crippen molar-refractivity contribution in [2.75, 3.05) is 13.1 Å². The van der Waals surface area contributed by atoms with Crippen LogP contribution in [0.3, 0.4) is 0 Å². The molecule has 1 fully saturated rings. The lowest BCUT2D eigenvalue weighted by molar-refractivity contribution is -0.137. The Morgan fingerprint density at radius 1 is 1.30 bits per heavy atom. The van der Waals surface area contributed by atoms with Gasteiger partial charge in [0.05, 0.1) is 11.6 Å². The summed E-state index contributed by atoms with van der Waals surface area (Å²) < 4.78 is 38.1. The van der Waals surface area contributed by atoms with E-state index in [1.54, 1.807) is 17.9 Å². The minimum Gasteiger partial charge on any atom is -0.352 e. The van der Waals surface area contributed by atoms with Crippen LogP contribution in [0.15, 0.2) is 24.3 Å². The van der Waals surface area contributed by atoms with Gasteiger partial charge in [0.15, 0.2) is 0 Å². The lowest BCUT2D eigenvalue weighted by Crippen LogP contribution is -2.46. The molecule has 1 aliphatic heterocycles. The molecule has 1 unspecified atom stereocenters. The number of piperidine rings is 1. The van der Waals surface area contributed by atoms with E-state index < -0.39 is 17.8 Å². The van der Waals surface area contributed by atoms with Gasteiger partial charge in [-0.3, -0.25) is 9.59 Å². The summed E-state index contributed by atoms with van der Waals surface area (Å²) in [6.45, 7) is 3.04. The SMILES string of the molecule is CC(N)C(=O)N1CCC(CCC(=O)NCc2cccc(C(F)(F)F)c2)CC1. The van der Waals surface area contributed by atoms with Crippen molar-refractivity contribution in [3.05, 3.63) is 35.4 Å². The highest BCUT2D eigenvalue weighted by Crippen LogP contribution is 2.29. The van der Waals surface area contributed by atoms with Crippen LogP contribution in [0, 0.1) is 5.92 Å². The first-order valence-corrected chi connectivity index (χ1v) is 9.14. The van der Waals surface area contributed by atoms with Gasteiger partial charge in [-0.05, 0) is 49.8 Å². The molecular weight excluding hydrogens is 359 g/mol. The fourth-order valence-corrected chi connectivity index (χ4v) is 3.21. The van der Waals surface area contributed by atoms with Crippen LogP contribution in [0.1, 0.15) is 43.7 Å². The standard InChI is InChI=1S/C19H26F3N3O2/c1-13(23)18(27)25-9-7-14(8-10-25)5-6-17(26)24-12-15-3-2-4-16(11-15)19(20,21)22/h2-4,11,13-14H,5-10,12,23H2,1H3,(H,24,26). The van der Waals surface area contributed by atoms with Crippen molar-refractivity contribution in [3.63, 3.8) is 0 Å². The molecule has 0 saturated carbocycles. The average Bonchev–Trinajstić information content (AvgIpc) is 2.64. The molecule has 1 aliphatic rings. The predicted molar refractivity (Wildman–Crippen MR) is 95.5 cm³/mol. The molecule has 1 saturated heterocycles. The lowest BCUT2D eigenvalue weighted by atomic mass is 9.92. The fraction of sp³-hybridized carbons (Fsp3) is 0.579. The van der Waals surface area contributed by atoms with E-state index in [1.807, 2.05) is 0 Å². The Morgan fingerprint density at radius 2 is 1.96 bits per heavy atom. The third-order valence-corrected chi connectivity index (χ3v) is 4.84. The zero-order valence-electron chi connectivity index (χ0n) is 15.4. The Labute approximate surface area is 157 Å². The number of nitrogens with one attached hydrogen (secondary N) is 1. The molecule has 150 valence electrons. The summed E-state index contributed by atoms with van der Waals surface area (Å²) in [5.74, 6) is 0.134. The Morgan fingerprint density at radius 3 is 2.56 bits per heavy atom. The second-order valence-corrected chi connectivity index (χ2v) is 7.07. The minimum absolute atomic E-state index is 0.0488. The second kappa shape index (κ2) is 9.21. The Bertz CT molecular complexity index is 654. The molecule has 5 nitrogen and oxygen atoms in total. The first-order chi connectivity index (χ1) is 12.7. The zero-order valence-corrected chi connectivity index (χ0v) is 15.4. The second-order valence-electron chi connectivity index (χ2n) is 7.07. The van der Waals surface area contributed by atoms with Gasteiger partial charge < -0.3 is 16.0 Å². The van der Waals surface area contributed by atoms with E-state index >= 15 is 0 Å². The molecule has 3 N–H and O–H groups in total. The number of nitrogens with two attached hydrogens (primary N) is 1. The highest BCUT2D eigenvalue weighted by Gasteiger charge is 2.30. The topological polar surface area (TPSA) is 75.4 Å². The summed E-state index contributed by atoms with van der Waals surface area (Å²) in [6.07, 6.45) is -1.70. The van der Waals surface area contributed by atoms with Gasteiger partial charge in [-0.2, -0.15) is 13.2 Å². The number of benzene rings is 1. The monoisotopic (exact) mass is 385 g/mol. The minimum atomic E-state index is -4.39. The highest BCUT2D eigenvalue weighted by molar-refractivity contribution is 5.81. The normalized spacial score (nSPS) is 16.9. The van der Waals surface area contributed by atoms with Gasteiger partial charge in [-0.25, -0.2) is 0 Å². The fourth-order valence-electron chi connectivity index (χ4n) is 3.21. The molecule has 1 aromatic carbocycles. The molecule has 2 amide bonds. The van der Waals surface area contributed by atoms with Crippen LogP contribution in [0.5, 0.6) is 0 Å². The molecule has 2 rings (SSSR count). The molecule has 0 aromatic heterocycles. The van der Waals surface area contributed by atoms with Crippen molar-refractivity contribution in [2.24, 2.45) is 11.7 Å². The van der Waals surface area contributed by atoms with Crippen LogP contribution in [0.2, 0.25) is 0 Å². The number of carbonyl (C=O) groups excluding carboxylic acids is 2. The molecule has 27 heavy (non-hydrogen) atoms. The highest BCUT2D eigenvalue weighted by atomic mass is 19.4. The molecule has 1 heterocycles. The van der Waals surface area contributed by atoms with Gasteiger partial charge in [-0.1, -0.05) is 12.1 Å². The third-order valence-electron chi connectivity index (χ3n) is 4.84. The molecule has 8 heteroatoms. The molecular formula is C19H26F3N3O2. The summed E-state index contributed by atoms with van der Waals surface area (Å²) in [5.41, 5.74) is 5.31. The van der Waals surface area contributed by atoms with Gasteiger partial charge in [0.25, 0.3) is 0 Å². The summed E-state index contributed by atoms with van der Waals surface area (Å²) in [7, 11) is 0. The summed E-state index contributed by atoms with van der Waals surface area (Å²) in [4.78, 5) is 25.6. The van der Waals surface area contributed by atoms with E-state index in [2.05, 4.69) is 5.32 Å². The van der Waals surface area contributed by atoms with Crippen molar-refractivity contribution in [3.8, 4) is 0 Å². The molecule has 0 aliphatic carbocycles. The smallest absolute Gasteiger partial charge is 0.352 e. The number of hydrogen-bond acceptors (Lipinski definition) is 3. The number of halogens is 3. The summed E-state index contributed by atoms with van der Waals surface area (Å²) in [6, 6.07) is 4.45. The van der Waals surface area contributed by atoms with Crippen molar-refractivity contribution in [1.82, 2.24) is 10.2 Å². The van der Waals surface area contributed by atoms with Crippen LogP contribution in [0.4, 0.5) is 13.2 Å². The van der Waals surface area contributed by atoms with Gasteiger partial charge in [0.1, 0.15) is 0 Å². The van der Waals surface area contributed by atoms with Crippen molar-refractivity contribution < 1.29 is 22.8 Å². The first kappa shape index (κ1) is 21.2. The average molecular weight is 385 g/mol. The largest absolute Gasteiger partial charge is 0.416 e. The maximum Gasteiger partial charge on any atom is 0.416 e. The lowest BCUT2D eigenvalue weighted by Gasteiger charge is -2.33. The van der Waals surface area contributed by atoms with Crippen LogP contribution in [-0.2, 0) is 22.3 Å². The Kier molecular flexibility index (Phi) is 7.24.